The van der Waals surface area contributed by atoms with Gasteiger partial charge in [0, 0.05) is 65.0 Å². The Labute approximate surface area is 174 Å². The number of hydrogen-bond donors (Lipinski definition) is 1. The molecule has 0 spiro atoms. The summed E-state index contributed by atoms with van der Waals surface area (Å²) in [5, 5.41) is 9.53. The molecule has 1 heterocycles. The van der Waals surface area contributed by atoms with Crippen LogP contribution in [0.4, 0.5) is 0 Å². The molecule has 2 rings (SSSR count). The molecule has 2 aliphatic rings. The van der Waals surface area contributed by atoms with Crippen LogP contribution in [-0.4, -0.2) is 74.2 Å². The topological polar surface area (TPSA) is 85.8 Å². The predicted molar refractivity (Wildman–Crippen MR) is 114 cm³/mol. The maximum atomic E-state index is 12.7. The first-order valence-electron chi connectivity index (χ1n) is 10.1. The van der Waals surface area contributed by atoms with Gasteiger partial charge in [-0.05, 0) is 18.4 Å². The Morgan fingerprint density at radius 2 is 2.17 bits per heavy atom. The summed E-state index contributed by atoms with van der Waals surface area (Å²) in [5.41, 5.74) is 7.98. The fourth-order valence-corrected chi connectivity index (χ4v) is 3.57. The molecule has 7 nitrogen and oxygen atoms in total. The normalized spacial score (nSPS) is 20.2. The van der Waals surface area contributed by atoms with E-state index in [9.17, 15) is 10.1 Å². The minimum absolute atomic E-state index is 0.0805. The molecule has 2 N–H and O–H groups in total. The van der Waals surface area contributed by atoms with Gasteiger partial charge in [0.25, 0.3) is 5.91 Å². The van der Waals surface area contributed by atoms with Crippen LogP contribution in [0.2, 0.25) is 0 Å². The van der Waals surface area contributed by atoms with Crippen molar-refractivity contribution >= 4 is 5.91 Å². The lowest BCUT2D eigenvalue weighted by Crippen LogP contribution is -2.41. The number of carbonyl (C=O) groups is 1. The zero-order chi connectivity index (χ0) is 21.2. The van der Waals surface area contributed by atoms with Crippen LogP contribution in [-0.2, 0) is 9.53 Å². The van der Waals surface area contributed by atoms with Gasteiger partial charge in [-0.1, -0.05) is 30.7 Å². The van der Waals surface area contributed by atoms with E-state index < -0.39 is 0 Å². The maximum Gasteiger partial charge on any atom is 0.251 e. The smallest absolute Gasteiger partial charge is 0.251 e. The minimum atomic E-state index is -0.126. The molecule has 0 radical (unpaired) electrons. The van der Waals surface area contributed by atoms with Gasteiger partial charge in [0.15, 0.2) is 0 Å². The van der Waals surface area contributed by atoms with Gasteiger partial charge < -0.3 is 25.2 Å². The number of hydrogen-bond acceptors (Lipinski definition) is 6. The Hall–Kier alpha value is -2.56. The Kier molecular flexibility index (Phi) is 8.97. The summed E-state index contributed by atoms with van der Waals surface area (Å²) in [5.74, 6) is 0.699. The largest absolute Gasteiger partial charge is 0.364 e. The number of rotatable bonds is 7. The lowest BCUT2D eigenvalue weighted by Gasteiger charge is -2.34. The van der Waals surface area contributed by atoms with E-state index in [4.69, 9.17) is 10.5 Å². The van der Waals surface area contributed by atoms with Crippen LogP contribution in [0.25, 0.3) is 0 Å². The van der Waals surface area contributed by atoms with Crippen LogP contribution in [0, 0.1) is 11.3 Å². The Morgan fingerprint density at radius 1 is 1.38 bits per heavy atom. The summed E-state index contributed by atoms with van der Waals surface area (Å²) in [7, 11) is 5.24. The quantitative estimate of drug-likeness (QED) is 0.520. The van der Waals surface area contributed by atoms with E-state index >= 15 is 0 Å². The van der Waals surface area contributed by atoms with E-state index in [0.29, 0.717) is 19.5 Å². The van der Waals surface area contributed by atoms with E-state index in [1.807, 2.05) is 36.3 Å². The van der Waals surface area contributed by atoms with Crippen LogP contribution in [0.15, 0.2) is 47.3 Å². The van der Waals surface area contributed by atoms with Crippen LogP contribution >= 0.6 is 0 Å². The van der Waals surface area contributed by atoms with Crippen molar-refractivity contribution in [3.05, 3.63) is 47.3 Å². The molecule has 158 valence electrons. The molecular weight excluding hydrogens is 366 g/mol. The summed E-state index contributed by atoms with van der Waals surface area (Å²) < 4.78 is 5.08. The lowest BCUT2D eigenvalue weighted by molar-refractivity contribution is -0.129. The number of ether oxygens (including phenoxy) is 1. The van der Waals surface area contributed by atoms with Gasteiger partial charge >= 0.3 is 0 Å². The van der Waals surface area contributed by atoms with Crippen molar-refractivity contribution in [3.63, 3.8) is 0 Å². The monoisotopic (exact) mass is 399 g/mol. The van der Waals surface area contributed by atoms with Crippen molar-refractivity contribution in [2.75, 3.05) is 47.6 Å². The zero-order valence-corrected chi connectivity index (χ0v) is 17.8. The predicted octanol–water partition coefficient (Wildman–Crippen LogP) is 1.97. The van der Waals surface area contributed by atoms with Gasteiger partial charge in [-0.3, -0.25) is 4.79 Å². The van der Waals surface area contributed by atoms with Crippen LogP contribution < -0.4 is 5.73 Å². The van der Waals surface area contributed by atoms with E-state index in [-0.39, 0.29) is 18.7 Å². The number of likely N-dealkylation sites (tertiary alicyclic amines) is 1. The number of likely N-dealkylation sites (N-methyl/N-ethyl adjacent to an activating group) is 2. The van der Waals surface area contributed by atoms with Crippen molar-refractivity contribution in [3.8, 4) is 6.07 Å². The zero-order valence-electron chi connectivity index (χ0n) is 17.8. The van der Waals surface area contributed by atoms with Crippen molar-refractivity contribution in [2.24, 2.45) is 5.73 Å². The molecule has 1 fully saturated rings. The molecule has 1 aliphatic carbocycles. The molecule has 1 atom stereocenters. The molecule has 1 amide bonds. The van der Waals surface area contributed by atoms with Gasteiger partial charge in [-0.2, -0.15) is 5.26 Å². The van der Waals surface area contributed by atoms with Gasteiger partial charge in [0.2, 0.25) is 0 Å². The minimum Gasteiger partial charge on any atom is -0.364 e. The molecule has 0 saturated carbocycles. The van der Waals surface area contributed by atoms with Crippen LogP contribution in [0.1, 0.15) is 25.7 Å². The highest BCUT2D eigenvalue weighted by Gasteiger charge is 2.22. The number of nitriles is 1. The highest BCUT2D eigenvalue weighted by Crippen LogP contribution is 2.21. The molecule has 29 heavy (non-hydrogen) atoms. The fourth-order valence-electron chi connectivity index (χ4n) is 3.57. The van der Waals surface area contributed by atoms with E-state index in [1.165, 1.54) is 4.90 Å². The first-order chi connectivity index (χ1) is 14.0. The summed E-state index contributed by atoms with van der Waals surface area (Å²) in [6, 6.07) is 2.40. The van der Waals surface area contributed by atoms with Crippen molar-refractivity contribution in [1.82, 2.24) is 14.7 Å². The third kappa shape index (κ3) is 6.77. The second kappa shape index (κ2) is 11.4. The average molecular weight is 400 g/mol. The highest BCUT2D eigenvalue weighted by atomic mass is 16.5. The van der Waals surface area contributed by atoms with Crippen molar-refractivity contribution in [1.29, 1.82) is 5.26 Å². The molecule has 0 aromatic carbocycles. The van der Waals surface area contributed by atoms with E-state index in [0.717, 1.165) is 42.8 Å². The number of carbonyl (C=O) groups excluding carboxylic acids is 1. The maximum absolute atomic E-state index is 12.7. The van der Waals surface area contributed by atoms with Gasteiger partial charge in [0.05, 0.1) is 6.07 Å². The van der Waals surface area contributed by atoms with Gasteiger partial charge in [-0.15, -0.1) is 0 Å². The van der Waals surface area contributed by atoms with Crippen molar-refractivity contribution in [2.45, 2.75) is 31.7 Å². The fraction of sp³-hybridized carbons (Fsp3) is 0.545. The molecule has 0 aromatic heterocycles. The summed E-state index contributed by atoms with van der Waals surface area (Å²) in [6.07, 6.45) is 13.3. The average Bonchev–Trinajstić information content (AvgIpc) is 3.05. The molecule has 1 aliphatic heterocycles. The molecule has 0 aromatic rings. The summed E-state index contributed by atoms with van der Waals surface area (Å²) in [6.45, 7) is 2.33. The SMILES string of the molecule is COCN(C)C(=O)/C=C(\N(C)CC1=C(C#N)CC=CC=C1)N1CCCCC(N)C1. The first kappa shape index (κ1) is 22.7. The van der Waals surface area contributed by atoms with Crippen LogP contribution in [0.5, 0.6) is 0 Å². The Morgan fingerprint density at radius 3 is 2.90 bits per heavy atom. The number of nitrogens with two attached hydrogens (primary N) is 1. The summed E-state index contributed by atoms with van der Waals surface area (Å²) >= 11 is 0. The van der Waals surface area contributed by atoms with Crippen molar-refractivity contribution < 1.29 is 9.53 Å². The number of nitrogens with zero attached hydrogens (tertiary/aromatic N) is 4. The van der Waals surface area contributed by atoms with E-state index in [2.05, 4.69) is 11.0 Å². The first-order valence-corrected chi connectivity index (χ1v) is 10.1. The molecule has 1 saturated heterocycles. The number of allylic oxidation sites excluding steroid dienone is 4. The molecule has 1 unspecified atom stereocenters. The number of amides is 1. The van der Waals surface area contributed by atoms with Gasteiger partial charge in [0.1, 0.15) is 12.6 Å². The molecule has 0 bridgehead atoms. The lowest BCUT2D eigenvalue weighted by atomic mass is 10.1. The highest BCUT2D eigenvalue weighted by molar-refractivity contribution is 5.87. The second-order valence-electron chi connectivity index (χ2n) is 7.62. The summed E-state index contributed by atoms with van der Waals surface area (Å²) in [4.78, 5) is 18.5. The third-order valence-corrected chi connectivity index (χ3v) is 5.17. The third-order valence-electron chi connectivity index (χ3n) is 5.17. The standard InChI is InChI=1S/C22H33N5O2/c1-25(15-19-10-6-4-5-9-18(19)14-23)21(13-22(28)26(2)17-29-3)27-12-8-7-11-20(24)16-27/h4-6,10,13,20H,7-9,11-12,15-17,24H2,1-3H3/b21-13+. The van der Waals surface area contributed by atoms with Crippen LogP contribution in [0.3, 0.4) is 0 Å². The van der Waals surface area contributed by atoms with E-state index in [1.54, 1.807) is 20.2 Å². The molecule has 7 heteroatoms. The number of methoxy groups -OCH3 is 1. The Bertz CT molecular complexity index is 732. The molecular formula is C22H33N5O2. The Balaban J connectivity index is 2.31. The van der Waals surface area contributed by atoms with Gasteiger partial charge in [-0.25, -0.2) is 0 Å². The second-order valence-corrected chi connectivity index (χ2v) is 7.62.